The molecule has 2 aromatic rings. The molecule has 1 aromatic carbocycles. The predicted octanol–water partition coefficient (Wildman–Crippen LogP) is 2.65. The Morgan fingerprint density at radius 2 is 1.83 bits per heavy atom. The number of halogens is 2. The number of carboxylic acid groups (broad SMARTS) is 1. The van der Waals surface area contributed by atoms with Gasteiger partial charge < -0.3 is 5.11 Å². The van der Waals surface area contributed by atoms with E-state index in [4.69, 9.17) is 5.11 Å². The van der Waals surface area contributed by atoms with E-state index in [-0.39, 0.29) is 12.0 Å². The van der Waals surface area contributed by atoms with Crippen molar-refractivity contribution in [2.45, 2.75) is 6.42 Å². The Kier molecular flexibility index (Phi) is 3.32. The monoisotopic (exact) mass is 249 g/mol. The van der Waals surface area contributed by atoms with Crippen LogP contribution in [0.3, 0.4) is 0 Å². The molecule has 18 heavy (non-hydrogen) atoms. The summed E-state index contributed by atoms with van der Waals surface area (Å²) >= 11 is 0. The number of hydrogen-bond donors (Lipinski definition) is 1. The second-order valence-electron chi connectivity index (χ2n) is 3.78. The summed E-state index contributed by atoms with van der Waals surface area (Å²) in [5, 5.41) is 8.68. The van der Waals surface area contributed by atoms with Gasteiger partial charge in [-0.1, -0.05) is 0 Å². The number of carbonyl (C=O) groups is 1. The molecule has 1 N–H and O–H groups in total. The molecule has 92 valence electrons. The maximum Gasteiger partial charge on any atom is 0.307 e. The summed E-state index contributed by atoms with van der Waals surface area (Å²) in [6.45, 7) is 0. The van der Waals surface area contributed by atoms with Gasteiger partial charge in [0.15, 0.2) is 0 Å². The van der Waals surface area contributed by atoms with Gasteiger partial charge in [0, 0.05) is 17.8 Å². The Morgan fingerprint density at radius 3 is 2.44 bits per heavy atom. The molecule has 1 heterocycles. The number of pyridine rings is 1. The van der Waals surface area contributed by atoms with Crippen molar-refractivity contribution in [1.82, 2.24) is 4.98 Å². The van der Waals surface area contributed by atoms with Crippen LogP contribution in [0.4, 0.5) is 8.78 Å². The van der Waals surface area contributed by atoms with Gasteiger partial charge in [-0.2, -0.15) is 0 Å². The summed E-state index contributed by atoms with van der Waals surface area (Å²) in [7, 11) is 0. The second kappa shape index (κ2) is 4.91. The summed E-state index contributed by atoms with van der Waals surface area (Å²) < 4.78 is 26.1. The lowest BCUT2D eigenvalue weighted by atomic mass is 10.1. The van der Waals surface area contributed by atoms with E-state index in [0.29, 0.717) is 11.3 Å². The third-order valence-electron chi connectivity index (χ3n) is 2.34. The lowest BCUT2D eigenvalue weighted by Gasteiger charge is -2.03. The Labute approximate surface area is 102 Å². The van der Waals surface area contributed by atoms with Crippen LogP contribution in [0.15, 0.2) is 36.5 Å². The van der Waals surface area contributed by atoms with E-state index in [1.165, 1.54) is 12.3 Å². The standard InChI is InChI=1S/C13H9F2NO2/c14-10-5-9(6-11(15)7-10)12-3-8(1-2-16-12)4-13(17)18/h1-3,5-7H,4H2,(H,17,18). The molecule has 0 spiro atoms. The molecule has 3 nitrogen and oxygen atoms in total. The van der Waals surface area contributed by atoms with E-state index in [9.17, 15) is 13.6 Å². The van der Waals surface area contributed by atoms with Crippen molar-refractivity contribution in [3.05, 3.63) is 53.7 Å². The van der Waals surface area contributed by atoms with Crippen molar-refractivity contribution in [2.24, 2.45) is 0 Å². The van der Waals surface area contributed by atoms with E-state index in [0.717, 1.165) is 18.2 Å². The third kappa shape index (κ3) is 2.88. The molecule has 0 bridgehead atoms. The molecule has 0 saturated heterocycles. The van der Waals surface area contributed by atoms with Crippen molar-refractivity contribution >= 4 is 5.97 Å². The third-order valence-corrected chi connectivity index (χ3v) is 2.34. The predicted molar refractivity (Wildman–Crippen MR) is 60.9 cm³/mol. The molecular formula is C13H9F2NO2. The van der Waals surface area contributed by atoms with Gasteiger partial charge in [0.2, 0.25) is 0 Å². The summed E-state index contributed by atoms with van der Waals surface area (Å²) in [5.41, 5.74) is 1.14. The maximum absolute atomic E-state index is 13.1. The van der Waals surface area contributed by atoms with Gasteiger partial charge in [0.05, 0.1) is 12.1 Å². The second-order valence-corrected chi connectivity index (χ2v) is 3.78. The molecule has 2 rings (SSSR count). The van der Waals surface area contributed by atoms with Gasteiger partial charge in [0.1, 0.15) is 11.6 Å². The van der Waals surface area contributed by atoms with Crippen LogP contribution in [-0.2, 0) is 11.2 Å². The van der Waals surface area contributed by atoms with Crippen molar-refractivity contribution in [1.29, 1.82) is 0 Å². The molecule has 0 saturated carbocycles. The van der Waals surface area contributed by atoms with Crippen LogP contribution in [0, 0.1) is 11.6 Å². The fourth-order valence-electron chi connectivity index (χ4n) is 1.62. The molecular weight excluding hydrogens is 240 g/mol. The van der Waals surface area contributed by atoms with Crippen LogP contribution in [0.25, 0.3) is 11.3 Å². The molecule has 0 atom stereocenters. The maximum atomic E-state index is 13.1. The zero-order valence-electron chi connectivity index (χ0n) is 9.23. The normalized spacial score (nSPS) is 10.3. The minimum Gasteiger partial charge on any atom is -0.481 e. The molecule has 0 amide bonds. The van der Waals surface area contributed by atoms with Gasteiger partial charge in [-0.05, 0) is 29.8 Å². The van der Waals surface area contributed by atoms with Crippen LogP contribution in [-0.4, -0.2) is 16.1 Å². The first-order valence-corrected chi connectivity index (χ1v) is 5.18. The first-order valence-electron chi connectivity index (χ1n) is 5.18. The summed E-state index contributed by atoms with van der Waals surface area (Å²) in [4.78, 5) is 14.6. The molecule has 0 unspecified atom stereocenters. The molecule has 0 fully saturated rings. The zero-order valence-corrected chi connectivity index (χ0v) is 9.23. The van der Waals surface area contributed by atoms with Crippen LogP contribution in [0.1, 0.15) is 5.56 Å². The van der Waals surface area contributed by atoms with E-state index in [1.807, 2.05) is 0 Å². The van der Waals surface area contributed by atoms with Crippen molar-refractivity contribution in [3.8, 4) is 11.3 Å². The Bertz CT molecular complexity index is 579. The fourth-order valence-corrected chi connectivity index (χ4v) is 1.62. The van der Waals surface area contributed by atoms with Crippen molar-refractivity contribution in [2.75, 3.05) is 0 Å². The van der Waals surface area contributed by atoms with Gasteiger partial charge in [-0.3, -0.25) is 9.78 Å². The van der Waals surface area contributed by atoms with Gasteiger partial charge in [-0.15, -0.1) is 0 Å². The zero-order chi connectivity index (χ0) is 13.1. The molecule has 0 aliphatic rings. The quantitative estimate of drug-likeness (QED) is 0.909. The van der Waals surface area contributed by atoms with Crippen LogP contribution in [0.2, 0.25) is 0 Å². The minimum atomic E-state index is -0.974. The van der Waals surface area contributed by atoms with Crippen LogP contribution < -0.4 is 0 Å². The van der Waals surface area contributed by atoms with Crippen molar-refractivity contribution in [3.63, 3.8) is 0 Å². The Hall–Kier alpha value is -2.30. The van der Waals surface area contributed by atoms with E-state index in [2.05, 4.69) is 4.98 Å². The van der Waals surface area contributed by atoms with E-state index >= 15 is 0 Å². The highest BCUT2D eigenvalue weighted by Gasteiger charge is 2.07. The van der Waals surface area contributed by atoms with E-state index in [1.54, 1.807) is 6.07 Å². The lowest BCUT2D eigenvalue weighted by Crippen LogP contribution is -2.00. The number of aromatic nitrogens is 1. The van der Waals surface area contributed by atoms with Crippen LogP contribution >= 0.6 is 0 Å². The van der Waals surface area contributed by atoms with Gasteiger partial charge in [0.25, 0.3) is 0 Å². The largest absolute Gasteiger partial charge is 0.481 e. The number of nitrogens with zero attached hydrogens (tertiary/aromatic N) is 1. The number of rotatable bonds is 3. The summed E-state index contributed by atoms with van der Waals surface area (Å²) in [5.74, 6) is -2.37. The van der Waals surface area contributed by atoms with Gasteiger partial charge >= 0.3 is 5.97 Å². The van der Waals surface area contributed by atoms with E-state index < -0.39 is 17.6 Å². The first-order chi connectivity index (χ1) is 8.54. The first kappa shape index (κ1) is 12.2. The summed E-state index contributed by atoms with van der Waals surface area (Å²) in [6, 6.07) is 6.12. The highest BCUT2D eigenvalue weighted by atomic mass is 19.1. The SMILES string of the molecule is O=C(O)Cc1ccnc(-c2cc(F)cc(F)c2)c1. The highest BCUT2D eigenvalue weighted by Crippen LogP contribution is 2.20. The molecule has 0 radical (unpaired) electrons. The van der Waals surface area contributed by atoms with Crippen molar-refractivity contribution < 1.29 is 18.7 Å². The van der Waals surface area contributed by atoms with Gasteiger partial charge in [-0.25, -0.2) is 8.78 Å². The smallest absolute Gasteiger partial charge is 0.307 e. The van der Waals surface area contributed by atoms with Crippen LogP contribution in [0.5, 0.6) is 0 Å². The number of benzene rings is 1. The topological polar surface area (TPSA) is 50.2 Å². The number of hydrogen-bond acceptors (Lipinski definition) is 2. The molecule has 0 aliphatic carbocycles. The molecule has 1 aromatic heterocycles. The molecule has 0 aliphatic heterocycles. The lowest BCUT2D eigenvalue weighted by molar-refractivity contribution is -0.136. The Balaban J connectivity index is 2.41. The number of aliphatic carboxylic acids is 1. The highest BCUT2D eigenvalue weighted by molar-refractivity contribution is 5.71. The Morgan fingerprint density at radius 1 is 1.17 bits per heavy atom. The summed E-state index contributed by atoms with van der Waals surface area (Å²) in [6.07, 6.45) is 1.25. The number of carboxylic acids is 1. The minimum absolute atomic E-state index is 0.159. The average Bonchev–Trinajstić information content (AvgIpc) is 2.27. The fraction of sp³-hybridized carbons (Fsp3) is 0.0769. The average molecular weight is 249 g/mol. The molecule has 5 heteroatoms.